The van der Waals surface area contributed by atoms with Crippen LogP contribution in [-0.4, -0.2) is 31.1 Å². The van der Waals surface area contributed by atoms with Crippen LogP contribution in [0.25, 0.3) is 17.2 Å². The van der Waals surface area contributed by atoms with E-state index in [0.717, 1.165) is 11.1 Å². The zero-order valence-corrected chi connectivity index (χ0v) is 19.4. The summed E-state index contributed by atoms with van der Waals surface area (Å²) in [6, 6.07) is 19.7. The molecule has 0 spiro atoms. The Morgan fingerprint density at radius 2 is 1.61 bits per heavy atom. The summed E-state index contributed by atoms with van der Waals surface area (Å²) in [5.41, 5.74) is 2.96. The normalized spacial score (nSPS) is 14.9. The molecule has 1 fully saturated rings. The number of carbonyl (C=O) groups excluding carboxylic acids is 2. The van der Waals surface area contributed by atoms with E-state index in [-0.39, 0.29) is 10.7 Å². The lowest BCUT2D eigenvalue weighted by Gasteiger charge is -2.29. The van der Waals surface area contributed by atoms with Crippen LogP contribution in [-0.2, 0) is 9.59 Å². The van der Waals surface area contributed by atoms with E-state index in [1.54, 1.807) is 44.6 Å². The summed E-state index contributed by atoms with van der Waals surface area (Å²) >= 11 is 11.2. The maximum Gasteiger partial charge on any atom is 0.270 e. The Labute approximate surface area is 201 Å². The third kappa shape index (κ3) is 4.60. The minimum atomic E-state index is -0.549. The highest BCUT2D eigenvalue weighted by molar-refractivity contribution is 7.80. The summed E-state index contributed by atoms with van der Waals surface area (Å²) in [7, 11) is 3.15. The molecular weight excluding hydrogens is 460 g/mol. The van der Waals surface area contributed by atoms with Crippen molar-refractivity contribution in [2.45, 2.75) is 0 Å². The third-order valence-corrected chi connectivity index (χ3v) is 5.64. The molecule has 8 heteroatoms. The van der Waals surface area contributed by atoms with Gasteiger partial charge in [-0.05, 0) is 77.4 Å². The first kappa shape index (κ1) is 22.5. The molecule has 3 aromatic carbocycles. The average Bonchev–Trinajstić information content (AvgIpc) is 2.82. The van der Waals surface area contributed by atoms with E-state index < -0.39 is 11.8 Å². The van der Waals surface area contributed by atoms with Gasteiger partial charge in [-0.15, -0.1) is 0 Å². The minimum absolute atomic E-state index is 0.0172. The topological polar surface area (TPSA) is 67.9 Å². The van der Waals surface area contributed by atoms with E-state index in [9.17, 15) is 9.59 Å². The first-order chi connectivity index (χ1) is 15.9. The van der Waals surface area contributed by atoms with Crippen molar-refractivity contribution in [1.29, 1.82) is 0 Å². The summed E-state index contributed by atoms with van der Waals surface area (Å²) in [4.78, 5) is 27.1. The van der Waals surface area contributed by atoms with Crippen molar-refractivity contribution >= 4 is 52.5 Å². The highest BCUT2D eigenvalue weighted by atomic mass is 35.5. The second-order valence-corrected chi connectivity index (χ2v) is 7.95. The number of methoxy groups -OCH3 is 2. The van der Waals surface area contributed by atoms with Gasteiger partial charge in [0.05, 0.1) is 19.9 Å². The van der Waals surface area contributed by atoms with Gasteiger partial charge < -0.3 is 9.47 Å². The third-order valence-electron chi connectivity index (χ3n) is 5.10. The molecule has 166 valence electrons. The van der Waals surface area contributed by atoms with Gasteiger partial charge in [0, 0.05) is 5.02 Å². The molecule has 0 aliphatic carbocycles. The number of anilines is 1. The maximum absolute atomic E-state index is 13.2. The lowest BCUT2D eigenvalue weighted by Crippen LogP contribution is -2.54. The van der Waals surface area contributed by atoms with Crippen LogP contribution in [0.4, 0.5) is 5.69 Å². The lowest BCUT2D eigenvalue weighted by molar-refractivity contribution is -0.122. The van der Waals surface area contributed by atoms with Crippen LogP contribution in [0.3, 0.4) is 0 Å². The molecule has 2 amide bonds. The largest absolute Gasteiger partial charge is 0.493 e. The maximum atomic E-state index is 13.2. The molecule has 0 saturated carbocycles. The fourth-order valence-electron chi connectivity index (χ4n) is 3.47. The van der Waals surface area contributed by atoms with Crippen LogP contribution in [0.2, 0.25) is 5.02 Å². The SMILES string of the molecule is COc1ccc(-c2cccc(C=C3C(=O)NC(=S)N(c4ccc(Cl)cc4)C3=O)c2)cc1OC. The van der Waals surface area contributed by atoms with Crippen molar-refractivity contribution in [2.75, 3.05) is 19.1 Å². The van der Waals surface area contributed by atoms with Gasteiger partial charge in [-0.2, -0.15) is 0 Å². The van der Waals surface area contributed by atoms with Gasteiger partial charge in [0.15, 0.2) is 16.6 Å². The lowest BCUT2D eigenvalue weighted by atomic mass is 10.0. The van der Waals surface area contributed by atoms with E-state index in [2.05, 4.69) is 5.32 Å². The molecule has 1 aliphatic heterocycles. The molecule has 0 atom stereocenters. The Bertz CT molecular complexity index is 1290. The molecule has 33 heavy (non-hydrogen) atoms. The fraction of sp³-hybridized carbons (Fsp3) is 0.0800. The van der Waals surface area contributed by atoms with Crippen LogP contribution in [0.5, 0.6) is 11.5 Å². The van der Waals surface area contributed by atoms with Crippen molar-refractivity contribution in [3.8, 4) is 22.6 Å². The summed E-state index contributed by atoms with van der Waals surface area (Å²) in [5, 5.41) is 3.13. The molecule has 1 aliphatic rings. The molecule has 3 aromatic rings. The first-order valence-electron chi connectivity index (χ1n) is 9.91. The van der Waals surface area contributed by atoms with Crippen molar-refractivity contribution in [2.24, 2.45) is 0 Å². The zero-order chi connectivity index (χ0) is 23.5. The molecule has 1 saturated heterocycles. The van der Waals surface area contributed by atoms with E-state index in [1.807, 2.05) is 42.5 Å². The van der Waals surface area contributed by atoms with Crippen molar-refractivity contribution < 1.29 is 19.1 Å². The Morgan fingerprint density at radius 3 is 2.30 bits per heavy atom. The fourth-order valence-corrected chi connectivity index (χ4v) is 3.88. The van der Waals surface area contributed by atoms with Crippen LogP contribution in [0, 0.1) is 0 Å². The van der Waals surface area contributed by atoms with Crippen molar-refractivity contribution in [1.82, 2.24) is 5.32 Å². The molecular formula is C25H19ClN2O4S. The number of halogens is 1. The highest BCUT2D eigenvalue weighted by Crippen LogP contribution is 2.33. The number of hydrogen-bond donors (Lipinski definition) is 1. The van der Waals surface area contributed by atoms with Crippen LogP contribution >= 0.6 is 23.8 Å². The standard InChI is InChI=1S/C25H19ClN2O4S/c1-31-21-11-6-17(14-22(21)32-2)16-5-3-4-15(12-16)13-20-23(29)27-25(33)28(24(20)30)19-9-7-18(26)8-10-19/h3-14H,1-2H3,(H,27,29,33). The Kier molecular flexibility index (Phi) is 6.44. The number of amides is 2. The van der Waals surface area contributed by atoms with Gasteiger partial charge in [0.25, 0.3) is 11.8 Å². The smallest absolute Gasteiger partial charge is 0.270 e. The Balaban J connectivity index is 1.69. The molecule has 0 bridgehead atoms. The number of rotatable bonds is 5. The van der Waals surface area contributed by atoms with Crippen LogP contribution in [0.1, 0.15) is 5.56 Å². The zero-order valence-electron chi connectivity index (χ0n) is 17.8. The number of benzene rings is 3. The predicted molar refractivity (Wildman–Crippen MR) is 133 cm³/mol. The quantitative estimate of drug-likeness (QED) is 0.322. The van der Waals surface area contributed by atoms with Gasteiger partial charge in [0.2, 0.25) is 0 Å². The number of thiocarbonyl (C=S) groups is 1. The first-order valence-corrected chi connectivity index (χ1v) is 10.7. The summed E-state index contributed by atoms with van der Waals surface area (Å²) < 4.78 is 10.7. The van der Waals surface area contributed by atoms with E-state index >= 15 is 0 Å². The summed E-state index contributed by atoms with van der Waals surface area (Å²) in [6.07, 6.45) is 1.55. The molecule has 1 N–H and O–H groups in total. The average molecular weight is 479 g/mol. The van der Waals surface area contributed by atoms with Gasteiger partial charge in [0.1, 0.15) is 5.57 Å². The van der Waals surface area contributed by atoms with Gasteiger partial charge >= 0.3 is 0 Å². The minimum Gasteiger partial charge on any atom is -0.493 e. The van der Waals surface area contributed by atoms with Crippen molar-refractivity contribution in [3.05, 3.63) is 82.9 Å². The van der Waals surface area contributed by atoms with Crippen LogP contribution in [0.15, 0.2) is 72.3 Å². The molecule has 0 aromatic heterocycles. The number of ether oxygens (including phenoxy) is 2. The van der Waals surface area contributed by atoms with Gasteiger partial charge in [-0.1, -0.05) is 35.9 Å². The van der Waals surface area contributed by atoms with E-state index in [4.69, 9.17) is 33.3 Å². The summed E-state index contributed by atoms with van der Waals surface area (Å²) in [6.45, 7) is 0. The molecule has 0 radical (unpaired) electrons. The van der Waals surface area contributed by atoms with E-state index in [0.29, 0.717) is 27.8 Å². The Hall–Kier alpha value is -3.68. The number of hydrogen-bond acceptors (Lipinski definition) is 5. The second-order valence-electron chi connectivity index (χ2n) is 7.13. The van der Waals surface area contributed by atoms with E-state index in [1.165, 1.54) is 4.90 Å². The summed E-state index contributed by atoms with van der Waals surface area (Å²) in [5.74, 6) is 0.171. The number of nitrogens with one attached hydrogen (secondary N) is 1. The van der Waals surface area contributed by atoms with Crippen LogP contribution < -0.4 is 19.7 Å². The number of carbonyl (C=O) groups is 2. The Morgan fingerprint density at radius 1 is 0.909 bits per heavy atom. The highest BCUT2D eigenvalue weighted by Gasteiger charge is 2.34. The monoisotopic (exact) mass is 478 g/mol. The van der Waals surface area contributed by atoms with Gasteiger partial charge in [-0.3, -0.25) is 19.8 Å². The molecule has 1 heterocycles. The molecule has 0 unspecified atom stereocenters. The molecule has 4 rings (SSSR count). The number of nitrogens with zero attached hydrogens (tertiary/aromatic N) is 1. The van der Waals surface area contributed by atoms with Crippen molar-refractivity contribution in [3.63, 3.8) is 0 Å². The van der Waals surface area contributed by atoms with Gasteiger partial charge in [-0.25, -0.2) is 0 Å². The molecule has 6 nitrogen and oxygen atoms in total. The predicted octanol–water partition coefficient (Wildman–Crippen LogP) is 4.86. The second kappa shape index (κ2) is 9.44.